The molecule has 1 aromatic heterocycles. The van der Waals surface area contributed by atoms with Crippen LogP contribution in [-0.4, -0.2) is 59.4 Å². The quantitative estimate of drug-likeness (QED) is 0.388. The highest BCUT2D eigenvalue weighted by Gasteiger charge is 2.29. The van der Waals surface area contributed by atoms with Crippen molar-refractivity contribution in [1.29, 1.82) is 5.26 Å². The molecular formula is C21H28N4O3. The maximum absolute atomic E-state index is 12.7. The Morgan fingerprint density at radius 1 is 1.32 bits per heavy atom. The molecule has 0 unspecified atom stereocenters. The molecule has 1 saturated heterocycles. The molecule has 1 amide bonds. The van der Waals surface area contributed by atoms with Gasteiger partial charge >= 0.3 is 5.97 Å². The van der Waals surface area contributed by atoms with E-state index in [9.17, 15) is 14.9 Å². The number of piperidine rings is 1. The first-order chi connectivity index (χ1) is 13.6. The molecule has 0 spiro atoms. The van der Waals surface area contributed by atoms with Crippen LogP contribution in [0, 0.1) is 17.2 Å². The van der Waals surface area contributed by atoms with Crippen molar-refractivity contribution in [3.8, 4) is 6.07 Å². The van der Waals surface area contributed by atoms with Crippen LogP contribution in [-0.2, 0) is 20.7 Å². The first-order valence-electron chi connectivity index (χ1n) is 9.79. The molecule has 0 radical (unpaired) electrons. The Bertz CT molecular complexity index is 719. The van der Waals surface area contributed by atoms with Crippen LogP contribution in [0.4, 0.5) is 0 Å². The number of rotatable bonds is 8. The molecule has 1 fully saturated rings. The van der Waals surface area contributed by atoms with Gasteiger partial charge in [0.15, 0.2) is 0 Å². The van der Waals surface area contributed by atoms with Gasteiger partial charge in [0.1, 0.15) is 11.6 Å². The number of likely N-dealkylation sites (N-methyl/N-ethyl adjacent to an activating group) is 1. The Kier molecular flexibility index (Phi) is 8.47. The zero-order valence-corrected chi connectivity index (χ0v) is 16.6. The molecule has 1 aliphatic heterocycles. The molecule has 1 aliphatic rings. The summed E-state index contributed by atoms with van der Waals surface area (Å²) in [5.41, 5.74) is 1.29. The number of hydrogen-bond acceptors (Lipinski definition) is 6. The van der Waals surface area contributed by atoms with Crippen LogP contribution in [0.25, 0.3) is 0 Å². The molecule has 0 saturated carbocycles. The van der Waals surface area contributed by atoms with E-state index in [1.807, 2.05) is 30.0 Å². The summed E-state index contributed by atoms with van der Waals surface area (Å²) in [5.74, 6) is -0.628. The number of nitrogens with zero attached hydrogens (tertiary/aromatic N) is 4. The van der Waals surface area contributed by atoms with Crippen molar-refractivity contribution in [3.05, 3.63) is 41.9 Å². The van der Waals surface area contributed by atoms with Crippen molar-refractivity contribution in [2.45, 2.75) is 33.1 Å². The summed E-state index contributed by atoms with van der Waals surface area (Å²) < 4.78 is 5.06. The van der Waals surface area contributed by atoms with Crippen LogP contribution in [0.3, 0.4) is 0 Å². The molecule has 2 heterocycles. The largest absolute Gasteiger partial charge is 0.466 e. The first kappa shape index (κ1) is 21.4. The van der Waals surface area contributed by atoms with Gasteiger partial charge in [0.25, 0.3) is 5.91 Å². The van der Waals surface area contributed by atoms with Gasteiger partial charge in [-0.05, 0) is 50.8 Å². The average Bonchev–Trinajstić information content (AvgIpc) is 2.74. The third-order valence-corrected chi connectivity index (χ3v) is 4.91. The molecule has 0 bridgehead atoms. The summed E-state index contributed by atoms with van der Waals surface area (Å²) in [6, 6.07) is 5.96. The molecule has 0 aromatic carbocycles. The Balaban J connectivity index is 1.94. The monoisotopic (exact) mass is 384 g/mol. The van der Waals surface area contributed by atoms with Gasteiger partial charge in [-0.3, -0.25) is 14.6 Å². The van der Waals surface area contributed by atoms with E-state index in [1.165, 1.54) is 0 Å². The van der Waals surface area contributed by atoms with E-state index in [-0.39, 0.29) is 23.4 Å². The topological polar surface area (TPSA) is 86.5 Å². The number of esters is 1. The van der Waals surface area contributed by atoms with E-state index in [0.717, 1.165) is 12.0 Å². The van der Waals surface area contributed by atoms with Gasteiger partial charge in [-0.25, -0.2) is 0 Å². The van der Waals surface area contributed by atoms with Crippen LogP contribution in [0.5, 0.6) is 0 Å². The summed E-state index contributed by atoms with van der Waals surface area (Å²) in [5, 5.41) is 9.49. The van der Waals surface area contributed by atoms with Gasteiger partial charge in [-0.2, -0.15) is 5.26 Å². The predicted molar refractivity (Wildman–Crippen MR) is 105 cm³/mol. The second-order valence-corrected chi connectivity index (χ2v) is 6.71. The number of aromatic nitrogens is 1. The van der Waals surface area contributed by atoms with Crippen molar-refractivity contribution >= 4 is 11.9 Å². The first-order valence-corrected chi connectivity index (χ1v) is 9.79. The van der Waals surface area contributed by atoms with Crippen LogP contribution in [0.1, 0.15) is 32.3 Å². The fourth-order valence-corrected chi connectivity index (χ4v) is 3.20. The second kappa shape index (κ2) is 11.1. The van der Waals surface area contributed by atoms with E-state index in [1.54, 1.807) is 30.4 Å². The maximum atomic E-state index is 12.7. The summed E-state index contributed by atoms with van der Waals surface area (Å²) >= 11 is 0. The minimum Gasteiger partial charge on any atom is -0.466 e. The lowest BCUT2D eigenvalue weighted by atomic mass is 9.96. The van der Waals surface area contributed by atoms with E-state index in [0.29, 0.717) is 45.6 Å². The zero-order valence-electron chi connectivity index (χ0n) is 16.6. The number of ether oxygens (including phenoxy) is 1. The lowest BCUT2D eigenvalue weighted by Gasteiger charge is -2.31. The standard InChI is InChI=1S/C21H28N4O3/c1-3-24(12-7-17-5-10-23-11-6-17)16-19(15-22)20(26)25-13-8-18(9-14-25)21(27)28-4-2/h5-6,10-11,16,18H,3-4,7-9,12-14H2,1-2H3/b19-16-. The Labute approximate surface area is 166 Å². The lowest BCUT2D eigenvalue weighted by molar-refractivity contribution is -0.150. The van der Waals surface area contributed by atoms with Crippen LogP contribution in [0.2, 0.25) is 0 Å². The van der Waals surface area contributed by atoms with E-state index >= 15 is 0 Å². The summed E-state index contributed by atoms with van der Waals surface area (Å²) in [7, 11) is 0. The van der Waals surface area contributed by atoms with Crippen molar-refractivity contribution in [2.24, 2.45) is 5.92 Å². The maximum Gasteiger partial charge on any atom is 0.309 e. The number of carbonyl (C=O) groups is 2. The molecule has 0 atom stereocenters. The molecule has 150 valence electrons. The smallest absolute Gasteiger partial charge is 0.309 e. The van der Waals surface area contributed by atoms with Gasteiger partial charge in [0.2, 0.25) is 0 Å². The molecule has 0 aliphatic carbocycles. The highest BCUT2D eigenvalue weighted by molar-refractivity contribution is 5.97. The number of nitriles is 1. The Morgan fingerprint density at radius 3 is 2.57 bits per heavy atom. The van der Waals surface area contributed by atoms with Crippen LogP contribution >= 0.6 is 0 Å². The van der Waals surface area contributed by atoms with Crippen molar-refractivity contribution in [3.63, 3.8) is 0 Å². The third-order valence-electron chi connectivity index (χ3n) is 4.91. The number of likely N-dealkylation sites (tertiary alicyclic amines) is 1. The molecule has 2 rings (SSSR count). The molecule has 7 nitrogen and oxygen atoms in total. The fourth-order valence-electron chi connectivity index (χ4n) is 3.20. The number of amides is 1. The molecule has 7 heteroatoms. The zero-order chi connectivity index (χ0) is 20.4. The molecule has 1 aromatic rings. The SMILES string of the molecule is CCOC(=O)C1CCN(C(=O)/C(C#N)=C\N(CC)CCc2ccncc2)CC1. The molecule has 0 N–H and O–H groups in total. The van der Waals surface area contributed by atoms with E-state index in [2.05, 4.69) is 4.98 Å². The van der Waals surface area contributed by atoms with Gasteiger partial charge < -0.3 is 14.5 Å². The van der Waals surface area contributed by atoms with Gasteiger partial charge in [0.05, 0.1) is 12.5 Å². The van der Waals surface area contributed by atoms with Crippen molar-refractivity contribution < 1.29 is 14.3 Å². The Hall–Kier alpha value is -2.88. The third kappa shape index (κ3) is 6.08. The van der Waals surface area contributed by atoms with Gasteiger partial charge in [-0.15, -0.1) is 0 Å². The molecular weight excluding hydrogens is 356 g/mol. The summed E-state index contributed by atoms with van der Waals surface area (Å²) in [4.78, 5) is 32.2. The predicted octanol–water partition coefficient (Wildman–Crippen LogP) is 2.16. The Morgan fingerprint density at radius 2 is 2.00 bits per heavy atom. The van der Waals surface area contributed by atoms with E-state index in [4.69, 9.17) is 4.74 Å². The van der Waals surface area contributed by atoms with Gasteiger partial charge in [-0.1, -0.05) is 0 Å². The average molecular weight is 384 g/mol. The highest BCUT2D eigenvalue weighted by Crippen LogP contribution is 2.20. The van der Waals surface area contributed by atoms with Crippen LogP contribution < -0.4 is 0 Å². The van der Waals surface area contributed by atoms with Crippen molar-refractivity contribution in [2.75, 3.05) is 32.8 Å². The molecule has 28 heavy (non-hydrogen) atoms. The summed E-state index contributed by atoms with van der Waals surface area (Å²) in [6.45, 7) is 6.49. The minimum absolute atomic E-state index is 0.131. The van der Waals surface area contributed by atoms with Crippen molar-refractivity contribution in [1.82, 2.24) is 14.8 Å². The summed E-state index contributed by atoms with van der Waals surface area (Å²) in [6.07, 6.45) is 7.12. The van der Waals surface area contributed by atoms with E-state index < -0.39 is 0 Å². The normalized spacial score (nSPS) is 15.0. The second-order valence-electron chi connectivity index (χ2n) is 6.71. The van der Waals surface area contributed by atoms with Gasteiger partial charge in [0, 0.05) is 44.8 Å². The minimum atomic E-state index is -0.271. The van der Waals surface area contributed by atoms with Crippen LogP contribution in [0.15, 0.2) is 36.3 Å². The number of carbonyl (C=O) groups excluding carboxylic acids is 2. The highest BCUT2D eigenvalue weighted by atomic mass is 16.5. The number of pyridine rings is 1. The lowest BCUT2D eigenvalue weighted by Crippen LogP contribution is -2.41. The fraction of sp³-hybridized carbons (Fsp3) is 0.524. The number of hydrogen-bond donors (Lipinski definition) is 0.